The quantitative estimate of drug-likeness (QED) is 0.454. The van der Waals surface area contributed by atoms with Gasteiger partial charge in [0.1, 0.15) is 13.2 Å². The van der Waals surface area contributed by atoms with Gasteiger partial charge in [-0.1, -0.05) is 0 Å². The van der Waals surface area contributed by atoms with E-state index >= 15 is 0 Å². The number of epoxide rings is 2. The molecule has 5 heteroatoms. The van der Waals surface area contributed by atoms with Crippen LogP contribution in [0.3, 0.4) is 0 Å². The molecule has 0 radical (unpaired) electrons. The molecule has 0 aromatic heterocycles. The van der Waals surface area contributed by atoms with Crippen LogP contribution in [-0.4, -0.2) is 30.9 Å². The summed E-state index contributed by atoms with van der Waals surface area (Å²) in [5, 5.41) is 0. The highest BCUT2D eigenvalue weighted by Gasteiger charge is 2.49. The van der Waals surface area contributed by atoms with Gasteiger partial charge in [0.05, 0.1) is 0 Å². The summed E-state index contributed by atoms with van der Waals surface area (Å²) in [5.74, 6) is -1.52. The van der Waals surface area contributed by atoms with Gasteiger partial charge >= 0.3 is 6.16 Å². The molecule has 68 valence electrons. The Hall–Kier alpha value is -0.810. The molecule has 2 fully saturated rings. The van der Waals surface area contributed by atoms with Gasteiger partial charge in [-0.2, -0.15) is 0 Å². The van der Waals surface area contributed by atoms with Crippen molar-refractivity contribution in [3.63, 3.8) is 0 Å². The van der Waals surface area contributed by atoms with Gasteiger partial charge < -0.3 is 18.9 Å². The minimum atomic E-state index is -0.762. The molecule has 5 nitrogen and oxygen atoms in total. The number of ether oxygens (including phenoxy) is 4. The molecule has 2 aliphatic rings. The van der Waals surface area contributed by atoms with Gasteiger partial charge in [0.2, 0.25) is 11.6 Å². The minimum Gasteiger partial charge on any atom is -0.399 e. The first-order valence-corrected chi connectivity index (χ1v) is 3.71. The number of carbonyl (C=O) groups is 1. The van der Waals surface area contributed by atoms with Crippen LogP contribution >= 0.6 is 0 Å². The van der Waals surface area contributed by atoms with E-state index in [2.05, 4.69) is 0 Å². The molecule has 2 aliphatic heterocycles. The van der Waals surface area contributed by atoms with Crippen molar-refractivity contribution in [3.8, 4) is 0 Å². The zero-order chi connectivity index (χ0) is 8.82. The van der Waals surface area contributed by atoms with Crippen molar-refractivity contribution in [2.75, 3.05) is 13.2 Å². The number of carbonyl (C=O) groups excluding carboxylic acids is 1. The maximum atomic E-state index is 10.9. The van der Waals surface area contributed by atoms with Crippen molar-refractivity contribution in [2.24, 2.45) is 0 Å². The number of hydrogen-bond acceptors (Lipinski definition) is 5. The second-order valence-corrected chi connectivity index (χ2v) is 3.30. The summed E-state index contributed by atoms with van der Waals surface area (Å²) < 4.78 is 19.3. The van der Waals surface area contributed by atoms with E-state index in [1.165, 1.54) is 0 Å². The van der Waals surface area contributed by atoms with Crippen LogP contribution in [0.4, 0.5) is 4.79 Å². The normalized spacial score (nSPS) is 43.5. The van der Waals surface area contributed by atoms with Crippen molar-refractivity contribution in [1.82, 2.24) is 0 Å². The lowest BCUT2D eigenvalue weighted by Crippen LogP contribution is -2.23. The van der Waals surface area contributed by atoms with Crippen LogP contribution in [0, 0.1) is 0 Å². The Kier molecular flexibility index (Phi) is 1.38. The van der Waals surface area contributed by atoms with Crippen LogP contribution in [-0.2, 0) is 18.9 Å². The Balaban J connectivity index is 1.77. The van der Waals surface area contributed by atoms with Gasteiger partial charge in [-0.15, -0.1) is 0 Å². The Labute approximate surface area is 69.5 Å². The van der Waals surface area contributed by atoms with E-state index in [-0.39, 0.29) is 0 Å². The molecule has 0 aliphatic carbocycles. The predicted molar refractivity (Wildman–Crippen MR) is 36.3 cm³/mol. The highest BCUT2D eigenvalue weighted by atomic mass is 16.9. The third-order valence-electron chi connectivity index (χ3n) is 1.70. The second-order valence-electron chi connectivity index (χ2n) is 3.30. The summed E-state index contributed by atoms with van der Waals surface area (Å²) in [6.07, 6.45) is -0.741. The highest BCUT2D eigenvalue weighted by molar-refractivity contribution is 5.61. The Bertz CT molecular complexity index is 194. The molecule has 12 heavy (non-hydrogen) atoms. The Morgan fingerprint density at radius 3 is 1.75 bits per heavy atom. The van der Waals surface area contributed by atoms with E-state index in [0.29, 0.717) is 13.2 Å². The van der Waals surface area contributed by atoms with E-state index in [1.807, 2.05) is 0 Å². The molecule has 0 saturated carbocycles. The Morgan fingerprint density at radius 1 is 1.17 bits per heavy atom. The summed E-state index contributed by atoms with van der Waals surface area (Å²) in [5.41, 5.74) is 0. The highest BCUT2D eigenvalue weighted by Crippen LogP contribution is 2.31. The molecular weight excluding hydrogens is 164 g/mol. The van der Waals surface area contributed by atoms with Gasteiger partial charge in [0.15, 0.2) is 0 Å². The topological polar surface area (TPSA) is 60.6 Å². The smallest absolute Gasteiger partial charge is 0.399 e. The fraction of sp³-hybridized carbons (Fsp3) is 0.857. The lowest BCUT2D eigenvalue weighted by atomic mass is 10.5. The molecule has 0 aromatic rings. The molecule has 2 rings (SSSR count). The lowest BCUT2D eigenvalue weighted by molar-refractivity contribution is -0.0664. The third kappa shape index (κ3) is 1.67. The first-order chi connectivity index (χ1) is 5.52. The molecular formula is C7H10O5. The minimum absolute atomic E-state index is 0.430. The molecule has 0 amide bonds. The van der Waals surface area contributed by atoms with Crippen molar-refractivity contribution in [2.45, 2.75) is 25.4 Å². The van der Waals surface area contributed by atoms with Crippen molar-refractivity contribution in [3.05, 3.63) is 0 Å². The molecule has 2 atom stereocenters. The average Bonchev–Trinajstić information content (AvgIpc) is 2.76. The van der Waals surface area contributed by atoms with E-state index in [9.17, 15) is 4.79 Å². The largest absolute Gasteiger partial charge is 0.513 e. The summed E-state index contributed by atoms with van der Waals surface area (Å²) in [6.45, 7) is 4.20. The van der Waals surface area contributed by atoms with Crippen molar-refractivity contribution in [1.29, 1.82) is 0 Å². The molecule has 2 heterocycles. The van der Waals surface area contributed by atoms with E-state index in [1.54, 1.807) is 13.8 Å². The van der Waals surface area contributed by atoms with Crippen molar-refractivity contribution < 1.29 is 23.7 Å². The molecule has 0 bridgehead atoms. The van der Waals surface area contributed by atoms with Crippen LogP contribution < -0.4 is 0 Å². The lowest BCUT2D eigenvalue weighted by Gasteiger charge is -2.10. The van der Waals surface area contributed by atoms with Gasteiger partial charge in [0.25, 0.3) is 0 Å². The standard InChI is InChI=1S/C7H10O5/c1-6(3-9-6)11-5(8)12-7(2)4-10-7/h3-4H2,1-2H3. The zero-order valence-corrected chi connectivity index (χ0v) is 6.96. The summed E-state index contributed by atoms with van der Waals surface area (Å²) in [6, 6.07) is 0. The van der Waals surface area contributed by atoms with Crippen LogP contribution in [0.25, 0.3) is 0 Å². The number of rotatable bonds is 2. The molecule has 0 spiro atoms. The van der Waals surface area contributed by atoms with Gasteiger partial charge in [-0.05, 0) is 0 Å². The maximum absolute atomic E-state index is 10.9. The molecule has 2 unspecified atom stereocenters. The molecule has 0 aromatic carbocycles. The third-order valence-corrected chi connectivity index (χ3v) is 1.70. The Morgan fingerprint density at radius 2 is 1.50 bits per heavy atom. The summed E-state index contributed by atoms with van der Waals surface area (Å²) in [4.78, 5) is 10.9. The fourth-order valence-corrected chi connectivity index (χ4v) is 0.695. The van der Waals surface area contributed by atoms with Gasteiger partial charge in [-0.25, -0.2) is 4.79 Å². The maximum Gasteiger partial charge on any atom is 0.513 e. The zero-order valence-electron chi connectivity index (χ0n) is 6.96. The van der Waals surface area contributed by atoms with Crippen LogP contribution in [0.15, 0.2) is 0 Å². The molecule has 2 saturated heterocycles. The van der Waals surface area contributed by atoms with E-state index in [0.717, 1.165) is 0 Å². The van der Waals surface area contributed by atoms with Crippen LogP contribution in [0.1, 0.15) is 13.8 Å². The monoisotopic (exact) mass is 174 g/mol. The SMILES string of the molecule is CC1(OC(=O)OC2(C)CO2)CO1. The second kappa shape index (κ2) is 2.11. The first kappa shape index (κ1) is 7.82. The predicted octanol–water partition coefficient (Wildman–Crippen LogP) is 0.632. The van der Waals surface area contributed by atoms with Crippen molar-refractivity contribution >= 4 is 6.16 Å². The summed E-state index contributed by atoms with van der Waals surface area (Å²) in [7, 11) is 0. The first-order valence-electron chi connectivity index (χ1n) is 3.71. The van der Waals surface area contributed by atoms with Crippen LogP contribution in [0.2, 0.25) is 0 Å². The van der Waals surface area contributed by atoms with Gasteiger partial charge in [-0.3, -0.25) is 0 Å². The summed E-state index contributed by atoms with van der Waals surface area (Å²) >= 11 is 0. The number of hydrogen-bond donors (Lipinski definition) is 0. The van der Waals surface area contributed by atoms with Gasteiger partial charge in [0, 0.05) is 13.8 Å². The average molecular weight is 174 g/mol. The molecule has 0 N–H and O–H groups in total. The van der Waals surface area contributed by atoms with E-state index < -0.39 is 17.7 Å². The van der Waals surface area contributed by atoms with E-state index in [4.69, 9.17) is 18.9 Å². The fourth-order valence-electron chi connectivity index (χ4n) is 0.695. The van der Waals surface area contributed by atoms with Crippen LogP contribution in [0.5, 0.6) is 0 Å².